The Morgan fingerprint density at radius 1 is 1.10 bits per heavy atom. The molecule has 4 nitrogen and oxygen atoms in total. The Bertz CT molecular complexity index is 672. The van der Waals surface area contributed by atoms with Crippen molar-refractivity contribution in [1.29, 1.82) is 0 Å². The summed E-state index contributed by atoms with van der Waals surface area (Å²) in [5, 5.41) is 0.495. The van der Waals surface area contributed by atoms with E-state index < -0.39 is 10.0 Å². The zero-order chi connectivity index (χ0) is 15.3. The van der Waals surface area contributed by atoms with Gasteiger partial charge in [0.25, 0.3) is 0 Å². The van der Waals surface area contributed by atoms with Gasteiger partial charge < -0.3 is 4.74 Å². The van der Waals surface area contributed by atoms with Gasteiger partial charge in [-0.3, -0.25) is 0 Å². The third kappa shape index (κ3) is 4.74. The van der Waals surface area contributed by atoms with E-state index in [0.717, 1.165) is 0 Å². The van der Waals surface area contributed by atoms with Crippen LogP contribution in [0.2, 0.25) is 5.02 Å². The lowest BCUT2D eigenvalue weighted by atomic mass is 10.3. The molecule has 2 rings (SSSR count). The first-order chi connectivity index (χ1) is 9.97. The molecular weight excluding hydrogens is 310 g/mol. The van der Waals surface area contributed by atoms with Gasteiger partial charge in [-0.2, -0.15) is 0 Å². The first-order valence-electron chi connectivity index (χ1n) is 6.44. The molecule has 0 amide bonds. The van der Waals surface area contributed by atoms with Gasteiger partial charge in [0.2, 0.25) is 10.0 Å². The van der Waals surface area contributed by atoms with Crippen LogP contribution in [0.1, 0.15) is 6.92 Å². The van der Waals surface area contributed by atoms with Crippen LogP contribution in [0.3, 0.4) is 0 Å². The molecular formula is C15H16ClNO3S. The molecule has 0 aliphatic rings. The first-order valence-corrected chi connectivity index (χ1v) is 8.30. The fourth-order valence-corrected chi connectivity index (χ4v) is 2.94. The minimum atomic E-state index is -3.55. The minimum absolute atomic E-state index is 0.179. The van der Waals surface area contributed by atoms with Crippen LogP contribution < -0.4 is 9.46 Å². The quantitative estimate of drug-likeness (QED) is 0.888. The first kappa shape index (κ1) is 15.8. The van der Waals surface area contributed by atoms with Crippen LogP contribution in [0.5, 0.6) is 5.75 Å². The Labute approximate surface area is 129 Å². The standard InChI is InChI=1S/C15H16ClNO3S/c1-12(20-14-5-3-2-4-6-14)11-17-21(18,19)15-9-7-13(16)8-10-15/h2-10,12,17H,11H2,1H3. The Morgan fingerprint density at radius 2 is 1.71 bits per heavy atom. The molecule has 0 aromatic heterocycles. The molecule has 0 heterocycles. The fourth-order valence-electron chi connectivity index (χ4n) is 1.70. The predicted octanol–water partition coefficient (Wildman–Crippen LogP) is 3.09. The lowest BCUT2D eigenvalue weighted by Gasteiger charge is -2.15. The van der Waals surface area contributed by atoms with E-state index in [0.29, 0.717) is 10.8 Å². The van der Waals surface area contributed by atoms with Crippen molar-refractivity contribution in [2.45, 2.75) is 17.9 Å². The third-order valence-corrected chi connectivity index (χ3v) is 4.46. The van der Waals surface area contributed by atoms with Crippen molar-refractivity contribution in [2.75, 3.05) is 6.54 Å². The van der Waals surface area contributed by atoms with Gasteiger partial charge in [0.15, 0.2) is 0 Å². The normalized spacial score (nSPS) is 12.9. The second-order valence-corrected chi connectivity index (χ2v) is 6.75. The lowest BCUT2D eigenvalue weighted by Crippen LogP contribution is -2.33. The molecule has 1 unspecified atom stereocenters. The molecule has 0 aliphatic carbocycles. The van der Waals surface area contributed by atoms with Crippen LogP contribution in [0, 0.1) is 0 Å². The maximum Gasteiger partial charge on any atom is 0.240 e. The summed E-state index contributed by atoms with van der Waals surface area (Å²) >= 11 is 5.74. The van der Waals surface area contributed by atoms with Crippen molar-refractivity contribution in [3.05, 3.63) is 59.6 Å². The van der Waals surface area contributed by atoms with Gasteiger partial charge in [-0.25, -0.2) is 13.1 Å². The highest BCUT2D eigenvalue weighted by Gasteiger charge is 2.15. The van der Waals surface area contributed by atoms with E-state index in [1.54, 1.807) is 19.1 Å². The van der Waals surface area contributed by atoms with Crippen LogP contribution in [-0.2, 0) is 10.0 Å². The van der Waals surface area contributed by atoms with E-state index >= 15 is 0 Å². The molecule has 2 aromatic carbocycles. The lowest BCUT2D eigenvalue weighted by molar-refractivity contribution is 0.225. The van der Waals surface area contributed by atoms with Crippen LogP contribution in [0.15, 0.2) is 59.5 Å². The predicted molar refractivity (Wildman–Crippen MR) is 83.2 cm³/mol. The maximum absolute atomic E-state index is 12.1. The molecule has 112 valence electrons. The SMILES string of the molecule is CC(CNS(=O)(=O)c1ccc(Cl)cc1)Oc1ccccc1. The average Bonchev–Trinajstić information content (AvgIpc) is 2.47. The highest BCUT2D eigenvalue weighted by atomic mass is 35.5. The van der Waals surface area contributed by atoms with Crippen molar-refractivity contribution >= 4 is 21.6 Å². The van der Waals surface area contributed by atoms with E-state index in [9.17, 15) is 8.42 Å². The van der Waals surface area contributed by atoms with Crippen LogP contribution in [0.4, 0.5) is 0 Å². The number of ether oxygens (including phenoxy) is 1. The summed E-state index contributed by atoms with van der Waals surface area (Å²) in [6.07, 6.45) is -0.283. The number of nitrogens with one attached hydrogen (secondary N) is 1. The van der Waals surface area contributed by atoms with E-state index in [1.807, 2.05) is 30.3 Å². The van der Waals surface area contributed by atoms with Gasteiger partial charge in [-0.15, -0.1) is 0 Å². The topological polar surface area (TPSA) is 55.4 Å². The fraction of sp³-hybridized carbons (Fsp3) is 0.200. The van der Waals surface area contributed by atoms with Crippen LogP contribution in [-0.4, -0.2) is 21.1 Å². The summed E-state index contributed by atoms with van der Waals surface area (Å²) in [6, 6.07) is 15.3. The van der Waals surface area contributed by atoms with Gasteiger partial charge in [-0.1, -0.05) is 29.8 Å². The molecule has 6 heteroatoms. The number of sulfonamides is 1. The molecule has 21 heavy (non-hydrogen) atoms. The van der Waals surface area contributed by atoms with Crippen LogP contribution in [0.25, 0.3) is 0 Å². The van der Waals surface area contributed by atoms with Crippen molar-refractivity contribution in [3.8, 4) is 5.75 Å². The monoisotopic (exact) mass is 325 g/mol. The van der Waals surface area contributed by atoms with Gasteiger partial charge >= 0.3 is 0 Å². The summed E-state index contributed by atoms with van der Waals surface area (Å²) in [6.45, 7) is 1.98. The number of halogens is 1. The van der Waals surface area contributed by atoms with E-state index in [1.165, 1.54) is 12.1 Å². The van der Waals surface area contributed by atoms with Gasteiger partial charge in [0.1, 0.15) is 11.9 Å². The molecule has 1 N–H and O–H groups in total. The summed E-state index contributed by atoms with van der Waals surface area (Å²) in [4.78, 5) is 0.179. The summed E-state index contributed by atoms with van der Waals surface area (Å²) < 4.78 is 32.3. The zero-order valence-corrected chi connectivity index (χ0v) is 13.1. The summed E-state index contributed by atoms with van der Waals surface area (Å²) in [5.74, 6) is 0.704. The average molecular weight is 326 g/mol. The van der Waals surface area contributed by atoms with E-state index in [4.69, 9.17) is 16.3 Å². The maximum atomic E-state index is 12.1. The van der Waals surface area contributed by atoms with Crippen molar-refractivity contribution in [2.24, 2.45) is 0 Å². The Morgan fingerprint density at radius 3 is 2.33 bits per heavy atom. The van der Waals surface area contributed by atoms with Crippen LogP contribution >= 0.6 is 11.6 Å². The highest BCUT2D eigenvalue weighted by molar-refractivity contribution is 7.89. The largest absolute Gasteiger partial charge is 0.489 e. The Kier molecular flexibility index (Phi) is 5.22. The van der Waals surface area contributed by atoms with E-state index in [2.05, 4.69) is 4.72 Å². The minimum Gasteiger partial charge on any atom is -0.489 e. The highest BCUT2D eigenvalue weighted by Crippen LogP contribution is 2.14. The molecule has 0 aliphatic heterocycles. The number of para-hydroxylation sites is 1. The molecule has 0 spiro atoms. The molecule has 0 fully saturated rings. The Balaban J connectivity index is 1.94. The molecule has 0 radical (unpaired) electrons. The number of rotatable bonds is 6. The molecule has 1 atom stereocenters. The smallest absolute Gasteiger partial charge is 0.240 e. The summed E-state index contributed by atoms with van der Waals surface area (Å²) in [5.41, 5.74) is 0. The molecule has 0 saturated heterocycles. The van der Waals surface area contributed by atoms with Crippen molar-refractivity contribution < 1.29 is 13.2 Å². The zero-order valence-electron chi connectivity index (χ0n) is 11.5. The third-order valence-electron chi connectivity index (χ3n) is 2.77. The molecule has 0 bridgehead atoms. The van der Waals surface area contributed by atoms with Crippen molar-refractivity contribution in [1.82, 2.24) is 4.72 Å². The molecule has 0 saturated carbocycles. The Hall–Kier alpha value is -1.56. The van der Waals surface area contributed by atoms with Gasteiger partial charge in [0.05, 0.1) is 4.90 Å². The number of hydrogen-bond acceptors (Lipinski definition) is 3. The molecule has 2 aromatic rings. The number of benzene rings is 2. The van der Waals surface area contributed by atoms with Gasteiger partial charge in [-0.05, 0) is 43.3 Å². The van der Waals surface area contributed by atoms with E-state index in [-0.39, 0.29) is 17.5 Å². The number of hydrogen-bond donors (Lipinski definition) is 1. The van der Waals surface area contributed by atoms with Crippen molar-refractivity contribution in [3.63, 3.8) is 0 Å². The summed E-state index contributed by atoms with van der Waals surface area (Å²) in [7, 11) is -3.55. The van der Waals surface area contributed by atoms with Gasteiger partial charge in [0, 0.05) is 11.6 Å². The second kappa shape index (κ2) is 6.93. The second-order valence-electron chi connectivity index (χ2n) is 4.55.